The van der Waals surface area contributed by atoms with Gasteiger partial charge in [0.2, 0.25) is 0 Å². The SMILES string of the molecule is CC(=O)c1ccc(C(=O)OCC2CCC(C)O2)cc1. The Morgan fingerprint density at radius 1 is 1.21 bits per heavy atom. The van der Waals surface area contributed by atoms with Gasteiger partial charge in [-0.2, -0.15) is 0 Å². The van der Waals surface area contributed by atoms with Crippen molar-refractivity contribution in [1.29, 1.82) is 0 Å². The highest BCUT2D eigenvalue weighted by Crippen LogP contribution is 2.19. The van der Waals surface area contributed by atoms with E-state index in [-0.39, 0.29) is 30.6 Å². The molecule has 0 N–H and O–H groups in total. The zero-order chi connectivity index (χ0) is 13.8. The fraction of sp³-hybridized carbons (Fsp3) is 0.467. The molecule has 0 aromatic heterocycles. The average Bonchev–Trinajstić information content (AvgIpc) is 2.82. The molecule has 0 aliphatic carbocycles. The lowest BCUT2D eigenvalue weighted by atomic mass is 10.1. The van der Waals surface area contributed by atoms with Crippen LogP contribution < -0.4 is 0 Å². The molecule has 102 valence electrons. The molecule has 0 bridgehead atoms. The van der Waals surface area contributed by atoms with Crippen LogP contribution in [0.1, 0.15) is 47.4 Å². The third kappa shape index (κ3) is 3.64. The van der Waals surface area contributed by atoms with Crippen LogP contribution in [0.15, 0.2) is 24.3 Å². The van der Waals surface area contributed by atoms with Crippen LogP contribution in [0.3, 0.4) is 0 Å². The van der Waals surface area contributed by atoms with Gasteiger partial charge >= 0.3 is 5.97 Å². The molecule has 1 aromatic carbocycles. The molecule has 2 rings (SSSR count). The van der Waals surface area contributed by atoms with Crippen molar-refractivity contribution in [2.45, 2.75) is 38.9 Å². The van der Waals surface area contributed by atoms with Crippen molar-refractivity contribution in [3.63, 3.8) is 0 Å². The van der Waals surface area contributed by atoms with Crippen LogP contribution >= 0.6 is 0 Å². The fourth-order valence-corrected chi connectivity index (χ4v) is 2.10. The van der Waals surface area contributed by atoms with Gasteiger partial charge in [0.05, 0.1) is 17.8 Å². The van der Waals surface area contributed by atoms with E-state index >= 15 is 0 Å². The summed E-state index contributed by atoms with van der Waals surface area (Å²) in [6.45, 7) is 3.80. The summed E-state index contributed by atoms with van der Waals surface area (Å²) in [6, 6.07) is 6.48. The second-order valence-electron chi connectivity index (χ2n) is 4.88. The van der Waals surface area contributed by atoms with E-state index in [9.17, 15) is 9.59 Å². The van der Waals surface area contributed by atoms with Gasteiger partial charge in [0.15, 0.2) is 5.78 Å². The highest BCUT2D eigenvalue weighted by Gasteiger charge is 2.23. The maximum atomic E-state index is 11.8. The summed E-state index contributed by atoms with van der Waals surface area (Å²) in [5, 5.41) is 0. The van der Waals surface area contributed by atoms with E-state index in [1.54, 1.807) is 24.3 Å². The van der Waals surface area contributed by atoms with Crippen LogP contribution in [0.2, 0.25) is 0 Å². The van der Waals surface area contributed by atoms with Crippen molar-refractivity contribution in [2.24, 2.45) is 0 Å². The minimum absolute atomic E-state index is 0.00967. The Balaban J connectivity index is 1.87. The molecule has 19 heavy (non-hydrogen) atoms. The second kappa shape index (κ2) is 5.97. The summed E-state index contributed by atoms with van der Waals surface area (Å²) in [6.07, 6.45) is 2.20. The number of ketones is 1. The molecular formula is C15H18O4. The van der Waals surface area contributed by atoms with Crippen LogP contribution in [0.25, 0.3) is 0 Å². The van der Waals surface area contributed by atoms with Gasteiger partial charge in [-0.15, -0.1) is 0 Å². The van der Waals surface area contributed by atoms with E-state index in [4.69, 9.17) is 9.47 Å². The van der Waals surface area contributed by atoms with Crippen LogP contribution in [0.5, 0.6) is 0 Å². The lowest BCUT2D eigenvalue weighted by Gasteiger charge is -2.11. The van der Waals surface area contributed by atoms with E-state index in [2.05, 4.69) is 0 Å². The number of Topliss-reactive ketones (excluding diaryl/α,β-unsaturated/α-hetero) is 1. The van der Waals surface area contributed by atoms with Gasteiger partial charge in [-0.3, -0.25) is 4.79 Å². The molecule has 0 radical (unpaired) electrons. The summed E-state index contributed by atoms with van der Waals surface area (Å²) >= 11 is 0. The molecule has 4 nitrogen and oxygen atoms in total. The molecular weight excluding hydrogens is 244 g/mol. The van der Waals surface area contributed by atoms with Gasteiger partial charge < -0.3 is 9.47 Å². The molecule has 0 amide bonds. The number of carbonyl (C=O) groups excluding carboxylic acids is 2. The quantitative estimate of drug-likeness (QED) is 0.618. The predicted octanol–water partition coefficient (Wildman–Crippen LogP) is 2.61. The first-order valence-electron chi connectivity index (χ1n) is 6.50. The number of benzene rings is 1. The standard InChI is InChI=1S/C15H18O4/c1-10-3-8-14(19-10)9-18-15(17)13-6-4-12(5-7-13)11(2)16/h4-7,10,14H,3,8-9H2,1-2H3. The summed E-state index contributed by atoms with van der Waals surface area (Å²) in [5.41, 5.74) is 1.04. The molecule has 0 spiro atoms. The molecule has 1 aliphatic rings. The monoisotopic (exact) mass is 262 g/mol. The van der Waals surface area contributed by atoms with Crippen LogP contribution in [0, 0.1) is 0 Å². The largest absolute Gasteiger partial charge is 0.459 e. The highest BCUT2D eigenvalue weighted by atomic mass is 16.6. The zero-order valence-electron chi connectivity index (χ0n) is 11.2. The third-order valence-electron chi connectivity index (χ3n) is 3.25. The number of hydrogen-bond acceptors (Lipinski definition) is 4. The zero-order valence-corrected chi connectivity index (χ0v) is 11.2. The Morgan fingerprint density at radius 3 is 2.37 bits per heavy atom. The normalized spacial score (nSPS) is 22.2. The molecule has 1 fully saturated rings. The highest BCUT2D eigenvalue weighted by molar-refractivity contribution is 5.96. The third-order valence-corrected chi connectivity index (χ3v) is 3.25. The Kier molecular flexibility index (Phi) is 4.32. The van der Waals surface area contributed by atoms with Crippen molar-refractivity contribution in [3.8, 4) is 0 Å². The summed E-state index contributed by atoms with van der Waals surface area (Å²) in [5.74, 6) is -0.397. The van der Waals surface area contributed by atoms with E-state index in [1.165, 1.54) is 6.92 Å². The van der Waals surface area contributed by atoms with Crippen LogP contribution in [-0.2, 0) is 9.47 Å². The number of hydrogen-bond donors (Lipinski definition) is 0. The molecule has 2 atom stereocenters. The first-order chi connectivity index (χ1) is 9.06. The predicted molar refractivity (Wildman–Crippen MR) is 70.3 cm³/mol. The maximum absolute atomic E-state index is 11.8. The van der Waals surface area contributed by atoms with Crippen molar-refractivity contribution in [1.82, 2.24) is 0 Å². The first-order valence-corrected chi connectivity index (χ1v) is 6.50. The van der Waals surface area contributed by atoms with Gasteiger partial charge in [0.1, 0.15) is 6.61 Å². The van der Waals surface area contributed by atoms with Crippen molar-refractivity contribution >= 4 is 11.8 Å². The maximum Gasteiger partial charge on any atom is 0.338 e. The first kappa shape index (κ1) is 13.7. The lowest BCUT2D eigenvalue weighted by molar-refractivity contribution is -0.00266. The number of rotatable bonds is 4. The Hall–Kier alpha value is -1.68. The van der Waals surface area contributed by atoms with Crippen molar-refractivity contribution < 1.29 is 19.1 Å². The molecule has 1 aliphatic heterocycles. The average molecular weight is 262 g/mol. The van der Waals surface area contributed by atoms with Gasteiger partial charge in [0, 0.05) is 5.56 Å². The molecule has 4 heteroatoms. The molecule has 1 saturated heterocycles. The summed E-state index contributed by atoms with van der Waals surface area (Å²) < 4.78 is 10.8. The minimum atomic E-state index is -0.377. The topological polar surface area (TPSA) is 52.6 Å². The second-order valence-corrected chi connectivity index (χ2v) is 4.88. The van der Waals surface area contributed by atoms with E-state index in [0.29, 0.717) is 11.1 Å². The Morgan fingerprint density at radius 2 is 1.84 bits per heavy atom. The fourth-order valence-electron chi connectivity index (χ4n) is 2.10. The van der Waals surface area contributed by atoms with Crippen molar-refractivity contribution in [2.75, 3.05) is 6.61 Å². The summed E-state index contributed by atoms with van der Waals surface area (Å²) in [4.78, 5) is 22.9. The number of carbonyl (C=O) groups is 2. The summed E-state index contributed by atoms with van der Waals surface area (Å²) in [7, 11) is 0. The minimum Gasteiger partial charge on any atom is -0.459 e. The van der Waals surface area contributed by atoms with E-state index < -0.39 is 0 Å². The van der Waals surface area contributed by atoms with Gasteiger partial charge in [0.25, 0.3) is 0 Å². The smallest absolute Gasteiger partial charge is 0.338 e. The molecule has 1 heterocycles. The van der Waals surface area contributed by atoms with Crippen LogP contribution in [0.4, 0.5) is 0 Å². The van der Waals surface area contributed by atoms with E-state index in [1.807, 2.05) is 6.92 Å². The van der Waals surface area contributed by atoms with E-state index in [0.717, 1.165) is 12.8 Å². The number of ether oxygens (including phenoxy) is 2. The molecule has 1 aromatic rings. The number of esters is 1. The Bertz CT molecular complexity index is 464. The van der Waals surface area contributed by atoms with Crippen molar-refractivity contribution in [3.05, 3.63) is 35.4 Å². The lowest BCUT2D eigenvalue weighted by Crippen LogP contribution is -2.19. The van der Waals surface area contributed by atoms with Crippen LogP contribution in [-0.4, -0.2) is 30.6 Å². The van der Waals surface area contributed by atoms with Gasteiger partial charge in [-0.05, 0) is 38.8 Å². The molecule has 2 unspecified atom stereocenters. The molecule has 0 saturated carbocycles. The Labute approximate surface area is 112 Å². The van der Waals surface area contributed by atoms with Gasteiger partial charge in [-0.25, -0.2) is 4.79 Å². The van der Waals surface area contributed by atoms with Gasteiger partial charge in [-0.1, -0.05) is 12.1 Å².